The molecule has 1 aromatic heterocycles. The third-order valence-corrected chi connectivity index (χ3v) is 13.7. The first kappa shape index (κ1) is 34.0. The van der Waals surface area contributed by atoms with Gasteiger partial charge in [0.1, 0.15) is 34.0 Å². The van der Waals surface area contributed by atoms with Crippen molar-refractivity contribution in [2.24, 2.45) is 17.6 Å². The number of carbonyl (C=O) groups is 6. The molecule has 3 saturated heterocycles. The topological polar surface area (TPSA) is 269 Å². The summed E-state index contributed by atoms with van der Waals surface area (Å²) in [5.74, 6) is -7.53. The van der Waals surface area contributed by atoms with Crippen LogP contribution in [0.5, 0.6) is 0 Å². The van der Waals surface area contributed by atoms with E-state index in [1.807, 2.05) is 6.07 Å². The Morgan fingerprint density at radius 1 is 1.09 bits per heavy atom. The molecule has 19 heteroatoms. The Kier molecular flexibility index (Phi) is 8.47. The average Bonchev–Trinajstić information content (AvgIpc) is 3.60. The molecule has 0 spiro atoms. The number of sulfone groups is 1. The summed E-state index contributed by atoms with van der Waals surface area (Å²) >= 11 is 1.38. The number of benzene rings is 1. The number of nitrogens with zero attached hydrogens (tertiary/aromatic N) is 4. The van der Waals surface area contributed by atoms with E-state index in [1.54, 1.807) is 38.1 Å². The molecule has 4 fully saturated rings. The van der Waals surface area contributed by atoms with Crippen LogP contribution >= 0.6 is 11.8 Å². The van der Waals surface area contributed by atoms with E-state index >= 15 is 0 Å². The number of amides is 2. The molecule has 252 valence electrons. The van der Waals surface area contributed by atoms with Gasteiger partial charge in [0.25, 0.3) is 0 Å². The van der Waals surface area contributed by atoms with Crippen LogP contribution < -0.4 is 11.1 Å². The highest BCUT2D eigenvalue weighted by Gasteiger charge is 2.71. The molecule has 47 heavy (non-hydrogen) atoms. The van der Waals surface area contributed by atoms with Crippen LogP contribution in [0.1, 0.15) is 49.3 Å². The smallest absolute Gasteiger partial charge is 0.355 e. The number of Topliss-reactive ketones (excluding diaryl/α,β-unsaturated/α-hetero) is 1. The minimum absolute atomic E-state index is 0.199. The van der Waals surface area contributed by atoms with Crippen molar-refractivity contribution in [3.63, 3.8) is 0 Å². The van der Waals surface area contributed by atoms with E-state index < -0.39 is 90.7 Å². The molecule has 1 saturated carbocycles. The zero-order valence-corrected chi connectivity index (χ0v) is 26.8. The SMILES string of the molecule is CC1(C)S[C@@H]2[C@H](NC(=O)C(N)c3ccccc3)C(=O)N2[C@H]1C(=O)O.C[C@]1(Cn2nncc2C(=O)O)[C@H](C(=O)O)C2C(=O)CC2S1(=O)=O. The molecule has 4 heterocycles. The van der Waals surface area contributed by atoms with Crippen LogP contribution in [0.25, 0.3) is 0 Å². The highest BCUT2D eigenvalue weighted by molar-refractivity contribution is 8.01. The van der Waals surface area contributed by atoms with Gasteiger partial charge in [-0.3, -0.25) is 19.2 Å². The number of carboxylic acid groups (broad SMARTS) is 3. The summed E-state index contributed by atoms with van der Waals surface area (Å²) < 4.78 is 23.8. The fraction of sp³-hybridized carbons (Fsp3) is 0.500. The first-order valence-electron chi connectivity index (χ1n) is 14.3. The number of nitrogens with two attached hydrogens (primary N) is 1. The van der Waals surface area contributed by atoms with E-state index in [1.165, 1.54) is 23.6 Å². The van der Waals surface area contributed by atoms with Crippen LogP contribution in [-0.2, 0) is 40.4 Å². The van der Waals surface area contributed by atoms with Gasteiger partial charge in [0.15, 0.2) is 15.5 Å². The summed E-state index contributed by atoms with van der Waals surface area (Å²) in [5.41, 5.74) is 6.24. The van der Waals surface area contributed by atoms with Gasteiger partial charge in [0.05, 0.1) is 23.9 Å². The number of aromatic carboxylic acids is 1. The average molecular weight is 693 g/mol. The van der Waals surface area contributed by atoms with E-state index in [4.69, 9.17) is 10.8 Å². The number of rotatable bonds is 8. The number of carbonyl (C=O) groups excluding carboxylic acids is 3. The molecule has 1 aliphatic carbocycles. The number of ketones is 1. The second-order valence-corrected chi connectivity index (χ2v) is 16.9. The molecule has 3 unspecified atom stereocenters. The molecule has 8 atom stereocenters. The number of aliphatic carboxylic acids is 2. The third-order valence-electron chi connectivity index (χ3n) is 9.22. The molecule has 17 nitrogen and oxygen atoms in total. The predicted octanol–water partition coefficient (Wildman–Crippen LogP) is -0.860. The Morgan fingerprint density at radius 3 is 2.28 bits per heavy atom. The molecule has 0 bridgehead atoms. The van der Waals surface area contributed by atoms with Crippen LogP contribution in [-0.4, -0.2) is 111 Å². The van der Waals surface area contributed by atoms with Crippen LogP contribution in [0.3, 0.4) is 0 Å². The zero-order chi connectivity index (χ0) is 34.8. The maximum atomic E-state index is 12.7. The Hall–Kier alpha value is -4.36. The minimum atomic E-state index is -3.96. The highest BCUT2D eigenvalue weighted by Crippen LogP contribution is 2.54. The molecule has 0 radical (unpaired) electrons. The van der Waals surface area contributed by atoms with Gasteiger partial charge >= 0.3 is 17.9 Å². The van der Waals surface area contributed by atoms with E-state index in [0.29, 0.717) is 5.56 Å². The van der Waals surface area contributed by atoms with Gasteiger partial charge in [0, 0.05) is 17.1 Å². The molecule has 1 aromatic carbocycles. The number of thioether (sulfide) groups is 1. The van der Waals surface area contributed by atoms with Gasteiger partial charge in [-0.15, -0.1) is 16.9 Å². The molecule has 2 aromatic rings. The van der Waals surface area contributed by atoms with Crippen molar-refractivity contribution in [2.75, 3.05) is 0 Å². The number of carboxylic acids is 3. The van der Waals surface area contributed by atoms with Crippen LogP contribution in [0.15, 0.2) is 36.5 Å². The van der Waals surface area contributed by atoms with Gasteiger partial charge < -0.3 is 31.3 Å². The van der Waals surface area contributed by atoms with Crippen molar-refractivity contribution < 1.29 is 52.5 Å². The first-order chi connectivity index (χ1) is 21.8. The van der Waals surface area contributed by atoms with E-state index in [2.05, 4.69) is 15.6 Å². The lowest BCUT2D eigenvalue weighted by Crippen LogP contribution is -2.71. The zero-order valence-electron chi connectivity index (χ0n) is 25.2. The third kappa shape index (κ3) is 5.35. The summed E-state index contributed by atoms with van der Waals surface area (Å²) in [6.07, 6.45) is 0.748. The summed E-state index contributed by atoms with van der Waals surface area (Å²) in [4.78, 5) is 71.9. The number of hydrogen-bond acceptors (Lipinski definition) is 12. The molecule has 6 rings (SSSR count). The Morgan fingerprint density at radius 2 is 1.72 bits per heavy atom. The van der Waals surface area contributed by atoms with E-state index in [9.17, 15) is 47.4 Å². The molecule has 6 N–H and O–H groups in total. The highest BCUT2D eigenvalue weighted by atomic mass is 32.2. The lowest BCUT2D eigenvalue weighted by Gasteiger charge is -2.43. The second kappa shape index (κ2) is 11.7. The number of nitrogens with one attached hydrogen (secondary N) is 1. The monoisotopic (exact) mass is 692 g/mol. The second-order valence-electron chi connectivity index (χ2n) is 12.5. The molecular formula is C28H32N6O11S2. The van der Waals surface area contributed by atoms with Gasteiger partial charge in [-0.25, -0.2) is 22.7 Å². The van der Waals surface area contributed by atoms with Crippen LogP contribution in [0, 0.1) is 11.8 Å². The Labute approximate surface area is 271 Å². The summed E-state index contributed by atoms with van der Waals surface area (Å²) in [6.45, 7) is 4.31. The number of fused-ring (bicyclic) bond motifs is 2. The number of aromatic nitrogens is 3. The van der Waals surface area contributed by atoms with E-state index in [0.717, 1.165) is 10.9 Å². The Balaban J connectivity index is 0.000000185. The van der Waals surface area contributed by atoms with Crippen molar-refractivity contribution >= 4 is 57.1 Å². The fourth-order valence-electron chi connectivity index (χ4n) is 6.75. The lowest BCUT2D eigenvalue weighted by atomic mass is 9.70. The summed E-state index contributed by atoms with van der Waals surface area (Å²) in [7, 11) is -3.96. The fourth-order valence-corrected chi connectivity index (χ4v) is 11.1. The van der Waals surface area contributed by atoms with Gasteiger partial charge in [-0.1, -0.05) is 35.5 Å². The molecular weight excluding hydrogens is 660 g/mol. The molecule has 4 aliphatic rings. The van der Waals surface area contributed by atoms with Gasteiger partial charge in [0.2, 0.25) is 11.8 Å². The normalized spacial score (nSPS) is 31.6. The predicted molar refractivity (Wildman–Crippen MR) is 161 cm³/mol. The number of β-lactam (4-membered cyclic amide) rings is 1. The summed E-state index contributed by atoms with van der Waals surface area (Å²) in [6, 6.07) is 6.38. The molecule has 2 amide bonds. The van der Waals surface area contributed by atoms with Crippen molar-refractivity contribution in [1.29, 1.82) is 0 Å². The standard InChI is InChI=1S/C16H19N3O4S.C12H13N3O7S/c1-16(2)11(15(22)23)19-13(21)10(14(19)24-16)18-12(20)9(17)8-6-4-3-5-7-8;1-12(4-15-5(10(17)18)3-13-14-15)9(11(19)20)8-6(16)2-7(8)23(12,21)22/h3-7,9-11,14H,17H2,1-2H3,(H,18,20)(H,22,23);3,7-9H,2,4H2,1H3,(H,17,18)(H,19,20)/t9?,10-,11+,14-;7?,8?,9-,12-/m10/s1. The molecule has 3 aliphatic heterocycles. The summed E-state index contributed by atoms with van der Waals surface area (Å²) in [5, 5.41) is 36.1. The van der Waals surface area contributed by atoms with Crippen LogP contribution in [0.4, 0.5) is 0 Å². The maximum absolute atomic E-state index is 12.7. The van der Waals surface area contributed by atoms with Crippen molar-refractivity contribution in [3.8, 4) is 0 Å². The number of hydrogen-bond donors (Lipinski definition) is 5. The van der Waals surface area contributed by atoms with Gasteiger partial charge in [-0.05, 0) is 26.3 Å². The van der Waals surface area contributed by atoms with Crippen molar-refractivity contribution in [2.45, 2.75) is 72.0 Å². The van der Waals surface area contributed by atoms with Crippen LogP contribution in [0.2, 0.25) is 0 Å². The van der Waals surface area contributed by atoms with Crippen molar-refractivity contribution in [1.82, 2.24) is 25.2 Å². The maximum Gasteiger partial charge on any atom is 0.355 e. The largest absolute Gasteiger partial charge is 0.481 e. The minimum Gasteiger partial charge on any atom is -0.481 e. The van der Waals surface area contributed by atoms with E-state index in [-0.39, 0.29) is 23.4 Å². The van der Waals surface area contributed by atoms with Gasteiger partial charge in [-0.2, -0.15) is 0 Å². The first-order valence-corrected chi connectivity index (χ1v) is 16.7. The lowest BCUT2D eigenvalue weighted by molar-refractivity contribution is -0.161. The Bertz CT molecular complexity index is 1780. The quantitative estimate of drug-likeness (QED) is 0.211. The van der Waals surface area contributed by atoms with Crippen molar-refractivity contribution in [3.05, 3.63) is 47.8 Å².